The zero-order valence-corrected chi connectivity index (χ0v) is 15.1. The number of rotatable bonds is 4. The molecule has 2 aromatic rings. The van der Waals surface area contributed by atoms with Crippen molar-refractivity contribution in [1.29, 1.82) is 0 Å². The Morgan fingerprint density at radius 1 is 1.04 bits per heavy atom. The monoisotopic (exact) mass is 377 g/mol. The third-order valence-corrected chi connectivity index (χ3v) is 4.68. The van der Waals surface area contributed by atoms with Gasteiger partial charge in [0.2, 0.25) is 0 Å². The van der Waals surface area contributed by atoms with Gasteiger partial charge in [-0.15, -0.1) is 0 Å². The van der Waals surface area contributed by atoms with Crippen LogP contribution >= 0.6 is 0 Å². The molecule has 0 saturated carbocycles. The fourth-order valence-corrected chi connectivity index (χ4v) is 3.21. The van der Waals surface area contributed by atoms with Crippen molar-refractivity contribution in [1.82, 2.24) is 10.2 Å². The number of hydrogen-bond donors (Lipinski definition) is 2. The molecular formula is C20H22F3N3O. The quantitative estimate of drug-likeness (QED) is 0.839. The normalized spacial score (nSPS) is 15.6. The predicted octanol–water partition coefficient (Wildman–Crippen LogP) is 4.20. The van der Waals surface area contributed by atoms with Crippen LogP contribution in [0.4, 0.5) is 23.7 Å². The predicted molar refractivity (Wildman–Crippen MR) is 97.9 cm³/mol. The summed E-state index contributed by atoms with van der Waals surface area (Å²) in [7, 11) is 0. The van der Waals surface area contributed by atoms with Crippen molar-refractivity contribution in [3.05, 3.63) is 65.0 Å². The minimum Gasteiger partial charge on any atom is -0.335 e. The van der Waals surface area contributed by atoms with E-state index >= 15 is 0 Å². The molecule has 0 radical (unpaired) electrons. The van der Waals surface area contributed by atoms with E-state index in [-0.39, 0.29) is 11.7 Å². The summed E-state index contributed by atoms with van der Waals surface area (Å²) in [4.78, 5) is 14.2. The molecule has 2 aromatic carbocycles. The molecule has 3 rings (SSSR count). The lowest BCUT2D eigenvalue weighted by atomic mass is 10.0. The molecule has 0 unspecified atom stereocenters. The first-order chi connectivity index (χ1) is 12.9. The van der Waals surface area contributed by atoms with Crippen molar-refractivity contribution in [2.75, 3.05) is 18.4 Å². The van der Waals surface area contributed by atoms with E-state index in [0.29, 0.717) is 12.1 Å². The minimum atomic E-state index is -0.849. The zero-order chi connectivity index (χ0) is 19.4. The summed E-state index contributed by atoms with van der Waals surface area (Å²) in [6.45, 7) is 3.81. The lowest BCUT2D eigenvalue weighted by Crippen LogP contribution is -2.45. The Balaban J connectivity index is 1.46. The first kappa shape index (κ1) is 19.2. The third kappa shape index (κ3) is 5.23. The lowest BCUT2D eigenvalue weighted by Gasteiger charge is -2.32. The highest BCUT2D eigenvalue weighted by molar-refractivity contribution is 5.89. The highest BCUT2D eigenvalue weighted by Crippen LogP contribution is 2.18. The average molecular weight is 377 g/mol. The first-order valence-electron chi connectivity index (χ1n) is 8.90. The van der Waals surface area contributed by atoms with Gasteiger partial charge in [-0.05, 0) is 55.2 Å². The summed E-state index contributed by atoms with van der Waals surface area (Å²) in [5.41, 5.74) is 1.73. The van der Waals surface area contributed by atoms with E-state index < -0.39 is 23.5 Å². The summed E-state index contributed by atoms with van der Waals surface area (Å²) in [5.74, 6) is -2.17. The van der Waals surface area contributed by atoms with Crippen LogP contribution in [0.15, 0.2) is 36.4 Å². The van der Waals surface area contributed by atoms with Gasteiger partial charge in [-0.2, -0.15) is 0 Å². The van der Waals surface area contributed by atoms with Gasteiger partial charge in [-0.3, -0.25) is 4.90 Å². The highest BCUT2D eigenvalue weighted by Gasteiger charge is 2.21. The summed E-state index contributed by atoms with van der Waals surface area (Å²) >= 11 is 0. The van der Waals surface area contributed by atoms with Crippen molar-refractivity contribution < 1.29 is 18.0 Å². The van der Waals surface area contributed by atoms with Crippen LogP contribution in [0.25, 0.3) is 0 Å². The van der Waals surface area contributed by atoms with Crippen LogP contribution in [0.2, 0.25) is 0 Å². The van der Waals surface area contributed by atoms with Crippen molar-refractivity contribution in [2.45, 2.75) is 32.4 Å². The zero-order valence-electron chi connectivity index (χ0n) is 15.1. The van der Waals surface area contributed by atoms with Gasteiger partial charge in [0.05, 0.1) is 5.69 Å². The molecule has 0 atom stereocenters. The molecular weight excluding hydrogens is 355 g/mol. The molecule has 1 saturated heterocycles. The SMILES string of the molecule is Cc1ccc(F)c(NC(=O)NC2CCN(Cc3ccc(F)c(F)c3)CC2)c1. The fraction of sp³-hybridized carbons (Fsp3) is 0.350. The number of halogens is 3. The Kier molecular flexibility index (Phi) is 6.01. The number of amides is 2. The topological polar surface area (TPSA) is 44.4 Å². The van der Waals surface area contributed by atoms with Crippen molar-refractivity contribution in [3.63, 3.8) is 0 Å². The van der Waals surface area contributed by atoms with E-state index in [2.05, 4.69) is 15.5 Å². The Labute approximate surface area is 156 Å². The maximum atomic E-state index is 13.7. The van der Waals surface area contributed by atoms with E-state index in [1.54, 1.807) is 18.2 Å². The number of likely N-dealkylation sites (tertiary alicyclic amines) is 1. The second-order valence-corrected chi connectivity index (χ2v) is 6.88. The molecule has 1 aliphatic heterocycles. The molecule has 0 aromatic heterocycles. The number of anilines is 1. The van der Waals surface area contributed by atoms with Crippen LogP contribution in [-0.4, -0.2) is 30.1 Å². The van der Waals surface area contributed by atoms with Gasteiger partial charge in [-0.25, -0.2) is 18.0 Å². The van der Waals surface area contributed by atoms with E-state index in [9.17, 15) is 18.0 Å². The number of hydrogen-bond acceptors (Lipinski definition) is 2. The van der Waals surface area contributed by atoms with Gasteiger partial charge in [0.25, 0.3) is 0 Å². The van der Waals surface area contributed by atoms with Gasteiger partial charge in [-0.1, -0.05) is 12.1 Å². The van der Waals surface area contributed by atoms with Gasteiger partial charge in [0.1, 0.15) is 5.82 Å². The average Bonchev–Trinajstić information content (AvgIpc) is 2.63. The summed E-state index contributed by atoms with van der Waals surface area (Å²) < 4.78 is 40.0. The van der Waals surface area contributed by atoms with Crippen molar-refractivity contribution in [3.8, 4) is 0 Å². The summed E-state index contributed by atoms with van der Waals surface area (Å²) in [6.07, 6.45) is 1.46. The number of urea groups is 1. The highest BCUT2D eigenvalue weighted by atomic mass is 19.2. The Morgan fingerprint density at radius 2 is 1.74 bits per heavy atom. The molecule has 1 aliphatic rings. The number of piperidine rings is 1. The van der Waals surface area contributed by atoms with E-state index in [1.807, 2.05) is 6.92 Å². The molecule has 4 nitrogen and oxygen atoms in total. The van der Waals surface area contributed by atoms with Crippen LogP contribution in [-0.2, 0) is 6.54 Å². The summed E-state index contributed by atoms with van der Waals surface area (Å²) in [6, 6.07) is 8.02. The Bertz CT molecular complexity index is 820. The number of aryl methyl sites for hydroxylation is 1. The molecule has 144 valence electrons. The summed E-state index contributed by atoms with van der Waals surface area (Å²) in [5, 5.41) is 5.41. The number of nitrogens with zero attached hydrogens (tertiary/aromatic N) is 1. The van der Waals surface area contributed by atoms with E-state index in [1.165, 1.54) is 12.1 Å². The van der Waals surface area contributed by atoms with E-state index in [0.717, 1.165) is 37.6 Å². The first-order valence-corrected chi connectivity index (χ1v) is 8.90. The van der Waals surface area contributed by atoms with Crippen LogP contribution in [0, 0.1) is 24.4 Å². The van der Waals surface area contributed by atoms with Crippen molar-refractivity contribution >= 4 is 11.7 Å². The van der Waals surface area contributed by atoms with E-state index in [4.69, 9.17) is 0 Å². The molecule has 0 bridgehead atoms. The Hall–Kier alpha value is -2.54. The smallest absolute Gasteiger partial charge is 0.319 e. The van der Waals surface area contributed by atoms with Gasteiger partial charge in [0, 0.05) is 25.7 Å². The molecule has 1 heterocycles. The fourth-order valence-electron chi connectivity index (χ4n) is 3.21. The largest absolute Gasteiger partial charge is 0.335 e. The Morgan fingerprint density at radius 3 is 2.44 bits per heavy atom. The second kappa shape index (κ2) is 8.43. The lowest BCUT2D eigenvalue weighted by molar-refractivity contribution is 0.189. The van der Waals surface area contributed by atoms with Gasteiger partial charge in [0.15, 0.2) is 11.6 Å². The molecule has 1 fully saturated rings. The van der Waals surface area contributed by atoms with Crippen molar-refractivity contribution in [2.24, 2.45) is 0 Å². The van der Waals surface area contributed by atoms with Crippen LogP contribution in [0.3, 0.4) is 0 Å². The second-order valence-electron chi connectivity index (χ2n) is 6.88. The molecule has 0 spiro atoms. The van der Waals surface area contributed by atoms with Crippen LogP contribution in [0.5, 0.6) is 0 Å². The molecule has 0 aliphatic carbocycles. The van der Waals surface area contributed by atoms with Crippen LogP contribution in [0.1, 0.15) is 24.0 Å². The maximum Gasteiger partial charge on any atom is 0.319 e. The number of benzene rings is 2. The minimum absolute atomic E-state index is 0.0147. The maximum absolute atomic E-state index is 13.7. The van der Waals surface area contributed by atoms with Gasteiger partial charge >= 0.3 is 6.03 Å². The number of carbonyl (C=O) groups is 1. The third-order valence-electron chi connectivity index (χ3n) is 4.68. The van der Waals surface area contributed by atoms with Gasteiger partial charge < -0.3 is 10.6 Å². The molecule has 2 N–H and O–H groups in total. The molecule has 27 heavy (non-hydrogen) atoms. The number of carbonyl (C=O) groups excluding carboxylic acids is 1. The van der Waals surface area contributed by atoms with Crippen LogP contribution < -0.4 is 10.6 Å². The molecule has 2 amide bonds. The number of nitrogens with one attached hydrogen (secondary N) is 2. The molecule has 7 heteroatoms. The standard InChI is InChI=1S/C20H22F3N3O/c1-13-2-4-17(22)19(10-13)25-20(27)24-15-6-8-26(9-7-15)12-14-3-5-16(21)18(23)11-14/h2-5,10-11,15H,6-9,12H2,1H3,(H2,24,25,27).